The Hall–Kier alpha value is -3.74. The fourth-order valence-corrected chi connectivity index (χ4v) is 7.54. The van der Waals surface area contributed by atoms with Crippen LogP contribution < -0.4 is 11.1 Å². The van der Waals surface area contributed by atoms with Crippen molar-refractivity contribution in [3.05, 3.63) is 53.1 Å². The third-order valence-electron chi connectivity index (χ3n) is 8.28. The molecule has 2 aromatic rings. The lowest BCUT2D eigenvalue weighted by Crippen LogP contribution is -2.51. The quantitative estimate of drug-likeness (QED) is 0.231. The van der Waals surface area contributed by atoms with Crippen LogP contribution in [0, 0.1) is 5.92 Å². The number of fused-ring (bicyclic) bond motifs is 1. The number of sulfonamides is 1. The van der Waals surface area contributed by atoms with Gasteiger partial charge in [0.1, 0.15) is 11.4 Å². The standard InChI is InChI=1S/C36H51N5O6S/c1-6-15-40(16-7-2)34(43)29-19-31-27(11-8-9-14-38-35(44)47-36(3,4)5)17-28(20-32(31)39-33(37)21-29)26-12-10-13-30(18-26)48(45,46)41-22-25(23-41)24-42/h10,12-13,17-20,25,42H,6-9,11,14-16,21-24H2,1-5H3,(H2,37,39)(H,38,44). The van der Waals surface area contributed by atoms with Gasteiger partial charge < -0.3 is 25.8 Å². The van der Waals surface area contributed by atoms with Gasteiger partial charge in [0.15, 0.2) is 0 Å². The summed E-state index contributed by atoms with van der Waals surface area (Å²) >= 11 is 0. The molecule has 0 aliphatic carbocycles. The first-order valence-electron chi connectivity index (χ1n) is 16.9. The van der Waals surface area contributed by atoms with E-state index in [4.69, 9.17) is 15.5 Å². The van der Waals surface area contributed by atoms with Crippen molar-refractivity contribution in [2.24, 2.45) is 16.6 Å². The maximum atomic E-state index is 13.7. The highest BCUT2D eigenvalue weighted by atomic mass is 32.2. The van der Waals surface area contributed by atoms with Crippen LogP contribution in [0.15, 0.2) is 51.9 Å². The van der Waals surface area contributed by atoms with Crippen molar-refractivity contribution in [3.63, 3.8) is 0 Å². The Morgan fingerprint density at radius 1 is 1.08 bits per heavy atom. The van der Waals surface area contributed by atoms with E-state index in [2.05, 4.69) is 19.2 Å². The van der Waals surface area contributed by atoms with Crippen molar-refractivity contribution in [1.82, 2.24) is 14.5 Å². The molecule has 12 heteroatoms. The number of carbonyl (C=O) groups excluding carboxylic acids is 2. The fraction of sp³-hybridized carbons (Fsp3) is 0.528. The molecule has 0 aromatic heterocycles. The number of alkyl carbamates (subject to hydrolysis) is 1. The second kappa shape index (κ2) is 16.1. The lowest BCUT2D eigenvalue weighted by atomic mass is 9.93. The molecule has 0 unspecified atom stereocenters. The van der Waals surface area contributed by atoms with E-state index in [1.807, 2.05) is 49.9 Å². The van der Waals surface area contributed by atoms with Crippen LogP contribution in [-0.2, 0) is 26.0 Å². The molecule has 0 atom stereocenters. The van der Waals surface area contributed by atoms with Crippen molar-refractivity contribution in [2.45, 2.75) is 83.6 Å². The van der Waals surface area contributed by atoms with E-state index in [9.17, 15) is 23.1 Å². The molecule has 0 saturated carbocycles. The second-order valence-corrected chi connectivity index (χ2v) is 15.5. The van der Waals surface area contributed by atoms with E-state index in [-0.39, 0.29) is 29.7 Å². The highest BCUT2D eigenvalue weighted by Crippen LogP contribution is 2.37. The Kier molecular flexibility index (Phi) is 12.4. The van der Waals surface area contributed by atoms with Gasteiger partial charge in [-0.05, 0) is 93.8 Å². The summed E-state index contributed by atoms with van der Waals surface area (Å²) in [6.07, 6.45) is 5.43. The molecule has 0 radical (unpaired) electrons. The number of hydrogen-bond acceptors (Lipinski definition) is 8. The number of unbranched alkanes of at least 4 members (excludes halogenated alkanes) is 1. The monoisotopic (exact) mass is 681 g/mol. The Bertz CT molecular complexity index is 1630. The first-order chi connectivity index (χ1) is 22.7. The number of benzene rings is 2. The third-order valence-corrected chi connectivity index (χ3v) is 10.1. The summed E-state index contributed by atoms with van der Waals surface area (Å²) in [6.45, 7) is 11.9. The SMILES string of the molecule is CCCN(CCC)C(=O)C1=Cc2c(CCCCNC(=O)OC(C)(C)C)cc(-c3cccc(S(=O)(=O)N4CC(CO)C4)c3)cc2N=C(N)C1. The van der Waals surface area contributed by atoms with Gasteiger partial charge in [0.05, 0.1) is 10.6 Å². The van der Waals surface area contributed by atoms with Gasteiger partial charge in [-0.3, -0.25) is 4.79 Å². The number of amides is 2. The van der Waals surface area contributed by atoms with Crippen LogP contribution in [0.3, 0.4) is 0 Å². The van der Waals surface area contributed by atoms with Gasteiger partial charge in [-0.15, -0.1) is 0 Å². The molecule has 262 valence electrons. The van der Waals surface area contributed by atoms with Crippen LogP contribution in [0.5, 0.6) is 0 Å². The number of ether oxygens (including phenoxy) is 1. The Morgan fingerprint density at radius 2 is 1.79 bits per heavy atom. The molecule has 48 heavy (non-hydrogen) atoms. The van der Waals surface area contributed by atoms with Crippen LogP contribution in [0.4, 0.5) is 10.5 Å². The van der Waals surface area contributed by atoms with Gasteiger partial charge >= 0.3 is 6.09 Å². The summed E-state index contributed by atoms with van der Waals surface area (Å²) in [4.78, 5) is 32.7. The molecule has 1 fully saturated rings. The maximum Gasteiger partial charge on any atom is 0.407 e. The highest BCUT2D eigenvalue weighted by Gasteiger charge is 2.36. The van der Waals surface area contributed by atoms with E-state index in [1.54, 1.807) is 18.2 Å². The zero-order valence-electron chi connectivity index (χ0n) is 28.9. The normalized spacial score (nSPS) is 15.5. The zero-order chi connectivity index (χ0) is 35.1. The molecule has 11 nitrogen and oxygen atoms in total. The smallest absolute Gasteiger partial charge is 0.407 e. The largest absolute Gasteiger partial charge is 0.444 e. The maximum absolute atomic E-state index is 13.7. The topological polar surface area (TPSA) is 155 Å². The molecular weight excluding hydrogens is 630 g/mol. The average molecular weight is 682 g/mol. The summed E-state index contributed by atoms with van der Waals surface area (Å²) in [5.74, 6) is 0.241. The molecule has 1 saturated heterocycles. The van der Waals surface area contributed by atoms with Crippen LogP contribution in [0.2, 0.25) is 0 Å². The van der Waals surface area contributed by atoms with E-state index in [0.29, 0.717) is 68.2 Å². The van der Waals surface area contributed by atoms with E-state index >= 15 is 0 Å². The van der Waals surface area contributed by atoms with Crippen LogP contribution >= 0.6 is 0 Å². The van der Waals surface area contributed by atoms with Crippen LogP contribution in [-0.4, -0.2) is 85.5 Å². The minimum absolute atomic E-state index is 0.0400. The van der Waals surface area contributed by atoms with Gasteiger partial charge in [0.2, 0.25) is 15.9 Å². The molecule has 2 heterocycles. The van der Waals surface area contributed by atoms with E-state index in [1.165, 1.54) is 4.31 Å². The summed E-state index contributed by atoms with van der Waals surface area (Å²) in [5, 5.41) is 12.2. The van der Waals surface area contributed by atoms with Crippen molar-refractivity contribution < 1.29 is 27.9 Å². The summed E-state index contributed by atoms with van der Waals surface area (Å²) in [6, 6.07) is 10.8. The number of rotatable bonds is 14. The number of aryl methyl sites for hydroxylation is 1. The Labute approximate surface area is 285 Å². The van der Waals surface area contributed by atoms with Crippen LogP contribution in [0.25, 0.3) is 17.2 Å². The van der Waals surface area contributed by atoms with Crippen molar-refractivity contribution in [1.29, 1.82) is 0 Å². The predicted molar refractivity (Wildman–Crippen MR) is 189 cm³/mol. The fourth-order valence-electron chi connectivity index (χ4n) is 5.90. The minimum atomic E-state index is -3.71. The molecule has 4 rings (SSSR count). The number of aliphatic imine (C=N–C) groups is 1. The van der Waals surface area contributed by atoms with Gasteiger partial charge in [0.25, 0.3) is 0 Å². The van der Waals surface area contributed by atoms with Gasteiger partial charge in [-0.2, -0.15) is 4.31 Å². The third kappa shape index (κ3) is 9.45. The summed E-state index contributed by atoms with van der Waals surface area (Å²) in [5.41, 5.74) is 10.3. The molecule has 2 aliphatic heterocycles. The lowest BCUT2D eigenvalue weighted by molar-refractivity contribution is -0.127. The van der Waals surface area contributed by atoms with E-state index < -0.39 is 21.7 Å². The molecule has 2 amide bonds. The Balaban J connectivity index is 1.69. The molecule has 0 spiro atoms. The average Bonchev–Trinajstić information content (AvgIpc) is 3.17. The molecule has 2 aliphatic rings. The van der Waals surface area contributed by atoms with Crippen molar-refractivity contribution >= 4 is 39.6 Å². The van der Waals surface area contributed by atoms with E-state index in [0.717, 1.165) is 36.0 Å². The number of nitrogens with zero attached hydrogens (tertiary/aromatic N) is 3. The van der Waals surface area contributed by atoms with Gasteiger partial charge in [-0.1, -0.05) is 32.0 Å². The number of hydrogen-bond donors (Lipinski definition) is 3. The number of aliphatic hydroxyl groups excluding tert-OH is 1. The predicted octanol–water partition coefficient (Wildman–Crippen LogP) is 5.24. The first kappa shape index (κ1) is 37.1. The molecule has 2 aromatic carbocycles. The number of aliphatic hydroxyl groups is 1. The van der Waals surface area contributed by atoms with Gasteiger partial charge in [-0.25, -0.2) is 18.2 Å². The first-order valence-corrected chi connectivity index (χ1v) is 18.4. The Morgan fingerprint density at radius 3 is 2.44 bits per heavy atom. The number of nitrogens with two attached hydrogens (primary N) is 1. The van der Waals surface area contributed by atoms with Crippen molar-refractivity contribution in [2.75, 3.05) is 39.3 Å². The highest BCUT2D eigenvalue weighted by molar-refractivity contribution is 7.89. The van der Waals surface area contributed by atoms with Crippen LogP contribution in [0.1, 0.15) is 77.8 Å². The molecule has 4 N–H and O–H groups in total. The molecule has 0 bridgehead atoms. The minimum Gasteiger partial charge on any atom is -0.444 e. The van der Waals surface area contributed by atoms with Crippen molar-refractivity contribution in [3.8, 4) is 11.1 Å². The summed E-state index contributed by atoms with van der Waals surface area (Å²) in [7, 11) is -3.71. The van der Waals surface area contributed by atoms with Gasteiger partial charge in [0, 0.05) is 62.8 Å². The number of carbonyl (C=O) groups is 2. The number of amidine groups is 1. The number of nitrogens with one attached hydrogen (secondary N) is 1. The lowest BCUT2D eigenvalue weighted by Gasteiger charge is -2.36. The summed E-state index contributed by atoms with van der Waals surface area (Å²) < 4.78 is 33.4. The second-order valence-electron chi connectivity index (χ2n) is 13.6. The zero-order valence-corrected chi connectivity index (χ0v) is 29.7. The molecular formula is C36H51N5O6S.